The first-order chi connectivity index (χ1) is 8.56. The second-order valence-electron chi connectivity index (χ2n) is 3.37. The molecule has 0 bridgehead atoms. The Kier molecular flexibility index (Phi) is 4.03. The summed E-state index contributed by atoms with van der Waals surface area (Å²) in [5.74, 6) is -0.950. The van der Waals surface area contributed by atoms with E-state index >= 15 is 0 Å². The molecule has 1 aromatic carbocycles. The number of halogens is 3. The lowest BCUT2D eigenvalue weighted by atomic mass is 10.3. The molecule has 18 heavy (non-hydrogen) atoms. The van der Waals surface area contributed by atoms with Gasteiger partial charge in [0.25, 0.3) is 0 Å². The first kappa shape index (κ1) is 13.1. The number of benzene rings is 1. The Morgan fingerprint density at radius 1 is 1.28 bits per heavy atom. The van der Waals surface area contributed by atoms with E-state index in [1.54, 1.807) is 12.3 Å². The van der Waals surface area contributed by atoms with Crippen molar-refractivity contribution in [3.63, 3.8) is 0 Å². The Morgan fingerprint density at radius 2 is 2.06 bits per heavy atom. The van der Waals surface area contributed by atoms with Crippen LogP contribution in [0.5, 0.6) is 0 Å². The third-order valence-electron chi connectivity index (χ3n) is 2.05. The monoisotopic (exact) mass is 331 g/mol. The van der Waals surface area contributed by atoms with Crippen molar-refractivity contribution in [2.45, 2.75) is 4.90 Å². The molecule has 0 aliphatic carbocycles. The average Bonchev–Trinajstić information content (AvgIpc) is 2.32. The van der Waals surface area contributed by atoms with E-state index in [0.717, 1.165) is 22.5 Å². The van der Waals surface area contributed by atoms with Gasteiger partial charge in [-0.2, -0.15) is 0 Å². The molecule has 7 heteroatoms. The summed E-state index contributed by atoms with van der Waals surface area (Å²) in [5.41, 5.74) is 5.85. The summed E-state index contributed by atoms with van der Waals surface area (Å²) in [4.78, 5) is 4.59. The van der Waals surface area contributed by atoms with Crippen LogP contribution in [0.25, 0.3) is 0 Å². The molecule has 2 rings (SSSR count). The molecule has 0 amide bonds. The van der Waals surface area contributed by atoms with Crippen LogP contribution in [0.2, 0.25) is 0 Å². The van der Waals surface area contributed by atoms with Gasteiger partial charge in [0.1, 0.15) is 17.5 Å². The highest BCUT2D eigenvalue weighted by molar-refractivity contribution is 9.10. The lowest BCUT2D eigenvalue weighted by molar-refractivity contribution is 0.586. The van der Waals surface area contributed by atoms with E-state index in [1.807, 2.05) is 0 Å². The van der Waals surface area contributed by atoms with Crippen LogP contribution in [0.15, 0.2) is 39.8 Å². The normalized spacial score (nSPS) is 10.4. The fourth-order valence-corrected chi connectivity index (χ4v) is 2.41. The number of pyridine rings is 1. The standard InChI is InChI=1S/C11H8BrF2N3S/c12-6-3-10(11(15)16-5-6)18-17-9-2-1-7(13)4-8(9)14/h1-5,17H,(H2,15,16). The van der Waals surface area contributed by atoms with Gasteiger partial charge in [-0.15, -0.1) is 0 Å². The highest BCUT2D eigenvalue weighted by atomic mass is 79.9. The predicted octanol–water partition coefficient (Wildman–Crippen LogP) is 3.82. The highest BCUT2D eigenvalue weighted by Gasteiger charge is 2.06. The zero-order valence-corrected chi connectivity index (χ0v) is 11.4. The van der Waals surface area contributed by atoms with E-state index in [-0.39, 0.29) is 5.69 Å². The molecule has 1 heterocycles. The van der Waals surface area contributed by atoms with Crippen molar-refractivity contribution in [1.82, 2.24) is 4.98 Å². The van der Waals surface area contributed by atoms with Crippen molar-refractivity contribution >= 4 is 39.4 Å². The van der Waals surface area contributed by atoms with Crippen LogP contribution in [0.1, 0.15) is 0 Å². The van der Waals surface area contributed by atoms with E-state index in [1.165, 1.54) is 12.1 Å². The van der Waals surface area contributed by atoms with Crippen molar-refractivity contribution in [1.29, 1.82) is 0 Å². The summed E-state index contributed by atoms with van der Waals surface area (Å²) in [5, 5.41) is 0. The molecule has 3 nitrogen and oxygen atoms in total. The Hall–Kier alpha value is -1.34. The van der Waals surface area contributed by atoms with Crippen LogP contribution in [0, 0.1) is 11.6 Å². The number of hydrogen-bond donors (Lipinski definition) is 2. The smallest absolute Gasteiger partial charge is 0.150 e. The van der Waals surface area contributed by atoms with Gasteiger partial charge in [0.2, 0.25) is 0 Å². The molecule has 0 fully saturated rings. The number of nitrogens with two attached hydrogens (primary N) is 1. The van der Waals surface area contributed by atoms with Crippen LogP contribution < -0.4 is 10.5 Å². The molecular formula is C11H8BrF2N3S. The number of rotatable bonds is 3. The average molecular weight is 332 g/mol. The third-order valence-corrected chi connectivity index (χ3v) is 3.35. The van der Waals surface area contributed by atoms with Gasteiger partial charge in [-0.3, -0.25) is 0 Å². The van der Waals surface area contributed by atoms with Crippen LogP contribution >= 0.6 is 27.9 Å². The largest absolute Gasteiger partial charge is 0.383 e. The first-order valence-electron chi connectivity index (χ1n) is 4.85. The van der Waals surface area contributed by atoms with E-state index in [4.69, 9.17) is 5.73 Å². The summed E-state index contributed by atoms with van der Waals surface area (Å²) in [6.07, 6.45) is 1.57. The molecule has 3 N–H and O–H groups in total. The number of nitrogens with one attached hydrogen (secondary N) is 1. The minimum Gasteiger partial charge on any atom is -0.383 e. The summed E-state index contributed by atoms with van der Waals surface area (Å²) < 4.78 is 29.6. The first-order valence-corrected chi connectivity index (χ1v) is 6.46. The maximum absolute atomic E-state index is 13.4. The minimum absolute atomic E-state index is 0.181. The molecule has 0 spiro atoms. The molecule has 0 atom stereocenters. The molecular weight excluding hydrogens is 324 g/mol. The Labute approximate surface area is 115 Å². The fraction of sp³-hybridized carbons (Fsp3) is 0. The Morgan fingerprint density at radius 3 is 2.78 bits per heavy atom. The van der Waals surface area contributed by atoms with Crippen LogP contribution in [0.4, 0.5) is 20.3 Å². The van der Waals surface area contributed by atoms with Crippen molar-refractivity contribution < 1.29 is 8.78 Å². The number of nitrogen functional groups attached to an aromatic ring is 1. The highest BCUT2D eigenvalue weighted by Crippen LogP contribution is 2.28. The van der Waals surface area contributed by atoms with Crippen molar-refractivity contribution in [3.8, 4) is 0 Å². The van der Waals surface area contributed by atoms with Gasteiger partial charge in [-0.25, -0.2) is 13.8 Å². The molecule has 0 unspecified atom stereocenters. The second kappa shape index (κ2) is 5.53. The summed E-state index contributed by atoms with van der Waals surface area (Å²) >= 11 is 4.37. The summed E-state index contributed by atoms with van der Waals surface area (Å²) in [6.45, 7) is 0. The zero-order valence-electron chi connectivity index (χ0n) is 8.95. The molecule has 0 aliphatic rings. The molecule has 0 radical (unpaired) electrons. The van der Waals surface area contributed by atoms with Gasteiger partial charge >= 0.3 is 0 Å². The van der Waals surface area contributed by atoms with Gasteiger partial charge in [-0.05, 0) is 46.1 Å². The van der Waals surface area contributed by atoms with Gasteiger partial charge in [0, 0.05) is 16.7 Å². The Balaban J connectivity index is 2.13. The lowest BCUT2D eigenvalue weighted by Gasteiger charge is -2.08. The second-order valence-corrected chi connectivity index (χ2v) is 5.13. The topological polar surface area (TPSA) is 50.9 Å². The summed E-state index contributed by atoms with van der Waals surface area (Å²) in [6, 6.07) is 5.06. The van der Waals surface area contributed by atoms with Gasteiger partial charge in [0.05, 0.1) is 10.6 Å². The lowest BCUT2D eigenvalue weighted by Crippen LogP contribution is -1.96. The number of aromatic nitrogens is 1. The molecule has 0 aliphatic heterocycles. The van der Waals surface area contributed by atoms with Gasteiger partial charge in [-0.1, -0.05) is 0 Å². The SMILES string of the molecule is Nc1ncc(Br)cc1SNc1ccc(F)cc1F. The quantitative estimate of drug-likeness (QED) is 0.839. The molecule has 0 saturated heterocycles. The van der Waals surface area contributed by atoms with Crippen LogP contribution in [0.3, 0.4) is 0 Å². The molecule has 94 valence electrons. The fourth-order valence-electron chi connectivity index (χ4n) is 1.20. The molecule has 2 aromatic rings. The number of nitrogens with zero attached hydrogens (tertiary/aromatic N) is 1. The van der Waals surface area contributed by atoms with Gasteiger partial charge < -0.3 is 10.5 Å². The van der Waals surface area contributed by atoms with E-state index in [9.17, 15) is 8.78 Å². The third kappa shape index (κ3) is 3.11. The van der Waals surface area contributed by atoms with E-state index < -0.39 is 11.6 Å². The maximum Gasteiger partial charge on any atom is 0.150 e. The molecule has 0 saturated carbocycles. The van der Waals surface area contributed by atoms with E-state index in [2.05, 4.69) is 25.6 Å². The predicted molar refractivity (Wildman–Crippen MR) is 72.2 cm³/mol. The molecule has 1 aromatic heterocycles. The van der Waals surface area contributed by atoms with E-state index in [0.29, 0.717) is 10.7 Å². The number of anilines is 2. The number of hydrogen-bond acceptors (Lipinski definition) is 4. The maximum atomic E-state index is 13.4. The van der Waals surface area contributed by atoms with Gasteiger partial charge in [0.15, 0.2) is 0 Å². The zero-order chi connectivity index (χ0) is 13.1. The van der Waals surface area contributed by atoms with Crippen molar-refractivity contribution in [2.24, 2.45) is 0 Å². The van der Waals surface area contributed by atoms with Crippen LogP contribution in [-0.4, -0.2) is 4.98 Å². The summed E-state index contributed by atoms with van der Waals surface area (Å²) in [7, 11) is 0. The minimum atomic E-state index is -0.663. The van der Waals surface area contributed by atoms with Crippen molar-refractivity contribution in [3.05, 3.63) is 46.6 Å². The van der Waals surface area contributed by atoms with Crippen molar-refractivity contribution in [2.75, 3.05) is 10.5 Å². The Bertz CT molecular complexity index is 580. The van der Waals surface area contributed by atoms with Crippen LogP contribution in [-0.2, 0) is 0 Å².